The minimum Gasteiger partial charge on any atom is -1.00 e. The first-order valence-corrected chi connectivity index (χ1v) is 5.40. The zero-order valence-electron chi connectivity index (χ0n) is 11.4. The molecular weight excluding hydrogens is 342 g/mol. The van der Waals surface area contributed by atoms with Gasteiger partial charge in [0.15, 0.2) is 0 Å². The van der Waals surface area contributed by atoms with E-state index >= 15 is 0 Å². The Morgan fingerprint density at radius 2 is 1.06 bits per heavy atom. The summed E-state index contributed by atoms with van der Waals surface area (Å²) < 4.78 is 0. The summed E-state index contributed by atoms with van der Waals surface area (Å²) in [4.78, 5) is 0. The molecule has 0 saturated carbocycles. The molecule has 2 rings (SSSR count). The molecule has 0 aliphatic heterocycles. The van der Waals surface area contributed by atoms with Gasteiger partial charge in [-0.15, -0.1) is 0 Å². The SMILES string of the molecule is CC(C)(C)[c-]1cccc1.C[c-]1cccc1.[Cl-].[Cl-].[Zr+4]. The van der Waals surface area contributed by atoms with E-state index in [0.29, 0.717) is 5.41 Å². The molecule has 2 aromatic rings. The van der Waals surface area contributed by atoms with Gasteiger partial charge in [0, 0.05) is 0 Å². The van der Waals surface area contributed by atoms with E-state index in [9.17, 15) is 0 Å². The average Bonchev–Trinajstić information content (AvgIpc) is 2.73. The number of hydrogen-bond acceptors (Lipinski definition) is 0. The van der Waals surface area contributed by atoms with E-state index in [4.69, 9.17) is 0 Å². The molecule has 0 unspecified atom stereocenters. The maximum atomic E-state index is 2.22. The summed E-state index contributed by atoms with van der Waals surface area (Å²) in [6.45, 7) is 8.76. The summed E-state index contributed by atoms with van der Waals surface area (Å²) in [5.41, 5.74) is 3.08. The van der Waals surface area contributed by atoms with Crippen LogP contribution in [0, 0.1) is 6.92 Å². The second-order valence-corrected chi connectivity index (χ2v) is 4.89. The van der Waals surface area contributed by atoms with Gasteiger partial charge in [-0.05, 0) is 0 Å². The molecule has 0 saturated heterocycles. The second-order valence-electron chi connectivity index (χ2n) is 4.89. The van der Waals surface area contributed by atoms with Crippen LogP contribution >= 0.6 is 0 Å². The minimum absolute atomic E-state index is 0. The van der Waals surface area contributed by atoms with Crippen LogP contribution in [0.4, 0.5) is 0 Å². The monoisotopic (exact) mass is 360 g/mol. The van der Waals surface area contributed by atoms with Crippen LogP contribution in [0.1, 0.15) is 31.9 Å². The van der Waals surface area contributed by atoms with E-state index in [0.717, 1.165) is 0 Å². The fraction of sp³-hybridized carbons (Fsp3) is 0.333. The fourth-order valence-corrected chi connectivity index (χ4v) is 1.34. The number of rotatable bonds is 0. The second kappa shape index (κ2) is 11.0. The van der Waals surface area contributed by atoms with Gasteiger partial charge in [0.25, 0.3) is 0 Å². The van der Waals surface area contributed by atoms with Gasteiger partial charge in [0.2, 0.25) is 0 Å². The molecule has 2 aromatic carbocycles. The zero-order chi connectivity index (χ0) is 11.3. The molecule has 18 heavy (non-hydrogen) atoms. The summed E-state index contributed by atoms with van der Waals surface area (Å²) in [7, 11) is 0. The molecule has 0 nitrogen and oxygen atoms in total. The molecule has 0 atom stereocenters. The van der Waals surface area contributed by atoms with E-state index in [2.05, 4.69) is 64.1 Å². The van der Waals surface area contributed by atoms with E-state index in [1.54, 1.807) is 0 Å². The standard InChI is InChI=1S/C9H13.C6H7.2ClH.Zr/c1-9(2,3)8-6-4-5-7-8;1-6-4-2-3-5-6;;;/h4-7H,1-3H3;2-5H,1H3;2*1H;/q2*-1;;;+4/p-2. The van der Waals surface area contributed by atoms with Gasteiger partial charge >= 0.3 is 26.2 Å². The molecule has 0 N–H and O–H groups in total. The number of aryl methyl sites for hydroxylation is 1. The van der Waals surface area contributed by atoms with E-state index in [1.807, 2.05) is 12.1 Å². The third kappa shape index (κ3) is 9.14. The summed E-state index contributed by atoms with van der Waals surface area (Å²) in [5.74, 6) is 0. The Labute approximate surface area is 143 Å². The number of hydrogen-bond donors (Lipinski definition) is 0. The molecule has 3 heteroatoms. The first kappa shape index (κ1) is 23.3. The molecule has 0 fully saturated rings. The van der Waals surface area contributed by atoms with Gasteiger partial charge in [-0.1, -0.05) is 33.1 Å². The van der Waals surface area contributed by atoms with Crippen molar-refractivity contribution in [3.63, 3.8) is 0 Å². The Hall–Kier alpha value is 0.163. The van der Waals surface area contributed by atoms with Crippen molar-refractivity contribution in [2.75, 3.05) is 0 Å². The number of halogens is 2. The Bertz CT molecular complexity index is 356. The third-order valence-electron chi connectivity index (χ3n) is 2.36. The van der Waals surface area contributed by atoms with Crippen LogP contribution in [0.3, 0.4) is 0 Å². The van der Waals surface area contributed by atoms with Crippen molar-refractivity contribution < 1.29 is 51.0 Å². The van der Waals surface area contributed by atoms with Gasteiger partial charge < -0.3 is 24.8 Å². The molecule has 0 spiro atoms. The van der Waals surface area contributed by atoms with Crippen molar-refractivity contribution in [3.05, 3.63) is 59.7 Å². The first-order chi connectivity index (χ1) is 7.00. The molecule has 0 bridgehead atoms. The van der Waals surface area contributed by atoms with Crippen LogP contribution < -0.4 is 24.8 Å². The maximum Gasteiger partial charge on any atom is 4.00 e. The van der Waals surface area contributed by atoms with Gasteiger partial charge in [0.05, 0.1) is 0 Å². The zero-order valence-corrected chi connectivity index (χ0v) is 15.3. The van der Waals surface area contributed by atoms with Crippen molar-refractivity contribution in [2.45, 2.75) is 33.1 Å². The van der Waals surface area contributed by atoms with Gasteiger partial charge in [0.1, 0.15) is 0 Å². The third-order valence-corrected chi connectivity index (χ3v) is 2.36. The maximum absolute atomic E-state index is 2.22. The summed E-state index contributed by atoms with van der Waals surface area (Å²) in [5, 5.41) is 0. The topological polar surface area (TPSA) is 0 Å². The molecule has 0 aliphatic rings. The van der Waals surface area contributed by atoms with E-state index < -0.39 is 0 Å². The van der Waals surface area contributed by atoms with Gasteiger partial charge in [-0.3, -0.25) is 0 Å². The Morgan fingerprint density at radius 1 is 0.722 bits per heavy atom. The fourth-order valence-electron chi connectivity index (χ4n) is 1.34. The van der Waals surface area contributed by atoms with E-state index in [1.165, 1.54) is 11.1 Å². The van der Waals surface area contributed by atoms with E-state index in [-0.39, 0.29) is 51.0 Å². The minimum atomic E-state index is 0. The first-order valence-electron chi connectivity index (χ1n) is 5.40. The predicted molar refractivity (Wildman–Crippen MR) is 67.5 cm³/mol. The smallest absolute Gasteiger partial charge is 1.00 e. The quantitative estimate of drug-likeness (QED) is 0.497. The molecule has 0 amide bonds. The molecule has 0 aliphatic carbocycles. The van der Waals surface area contributed by atoms with Crippen molar-refractivity contribution >= 4 is 0 Å². The molecule has 0 heterocycles. The normalized spacial score (nSPS) is 8.89. The van der Waals surface area contributed by atoms with Gasteiger partial charge in [-0.25, -0.2) is 24.3 Å². The van der Waals surface area contributed by atoms with Crippen molar-refractivity contribution in [1.29, 1.82) is 0 Å². The van der Waals surface area contributed by atoms with Crippen molar-refractivity contribution in [2.24, 2.45) is 0 Å². The van der Waals surface area contributed by atoms with Crippen LogP contribution in [-0.2, 0) is 31.6 Å². The molecule has 0 aromatic heterocycles. The summed E-state index contributed by atoms with van der Waals surface area (Å²) in [6.07, 6.45) is 0. The van der Waals surface area contributed by atoms with Crippen LogP contribution in [0.15, 0.2) is 48.5 Å². The Kier molecular flexibility index (Phi) is 14.3. The van der Waals surface area contributed by atoms with Crippen LogP contribution in [0.5, 0.6) is 0 Å². The van der Waals surface area contributed by atoms with Crippen molar-refractivity contribution in [1.82, 2.24) is 0 Å². The van der Waals surface area contributed by atoms with Gasteiger partial charge in [-0.2, -0.15) is 35.4 Å². The van der Waals surface area contributed by atoms with Crippen LogP contribution in [0.25, 0.3) is 0 Å². The molecular formula is C15H20Cl2Zr. The largest absolute Gasteiger partial charge is 4.00 e. The molecule has 98 valence electrons. The average molecular weight is 362 g/mol. The Morgan fingerprint density at radius 3 is 1.22 bits per heavy atom. The van der Waals surface area contributed by atoms with Crippen molar-refractivity contribution in [3.8, 4) is 0 Å². The summed E-state index contributed by atoms with van der Waals surface area (Å²) >= 11 is 0. The molecule has 0 radical (unpaired) electrons. The predicted octanol–water partition coefficient (Wildman–Crippen LogP) is -1.58. The van der Waals surface area contributed by atoms with Crippen LogP contribution in [-0.4, -0.2) is 0 Å². The Balaban J connectivity index is -0.000000225. The summed E-state index contributed by atoms with van der Waals surface area (Å²) in [6, 6.07) is 16.7. The van der Waals surface area contributed by atoms with Crippen LogP contribution in [0.2, 0.25) is 0 Å².